The lowest BCUT2D eigenvalue weighted by molar-refractivity contribution is 0.0693. The molecule has 34 heavy (non-hydrogen) atoms. The third-order valence-corrected chi connectivity index (χ3v) is 6.08. The summed E-state index contributed by atoms with van der Waals surface area (Å²) in [5, 5.41) is 0.869. The van der Waals surface area contributed by atoms with Gasteiger partial charge in [0, 0.05) is 6.54 Å². The fourth-order valence-corrected chi connectivity index (χ4v) is 4.32. The highest BCUT2D eigenvalue weighted by atomic mass is 35.5. The van der Waals surface area contributed by atoms with Gasteiger partial charge >= 0.3 is 0 Å². The summed E-state index contributed by atoms with van der Waals surface area (Å²) in [5.74, 6) is 0.781. The predicted molar refractivity (Wildman–Crippen MR) is 135 cm³/mol. The summed E-state index contributed by atoms with van der Waals surface area (Å²) in [6.07, 6.45) is 0. The first-order valence-electron chi connectivity index (χ1n) is 11.3. The quantitative estimate of drug-likeness (QED) is 0.346. The molecular formula is C27H26ClN3O3. The van der Waals surface area contributed by atoms with Gasteiger partial charge in [0.1, 0.15) is 11.6 Å². The van der Waals surface area contributed by atoms with Gasteiger partial charge < -0.3 is 9.64 Å². The van der Waals surface area contributed by atoms with Crippen LogP contribution in [0.15, 0.2) is 77.6 Å². The van der Waals surface area contributed by atoms with Crippen LogP contribution in [0.4, 0.5) is 0 Å². The van der Waals surface area contributed by atoms with Crippen molar-refractivity contribution in [1.82, 2.24) is 14.5 Å². The molecule has 0 radical (unpaired) electrons. The predicted octanol–water partition coefficient (Wildman–Crippen LogP) is 5.66. The maximum absolute atomic E-state index is 13.8. The van der Waals surface area contributed by atoms with E-state index >= 15 is 0 Å². The van der Waals surface area contributed by atoms with Crippen LogP contribution in [-0.2, 0) is 0 Å². The molecular weight excluding hydrogens is 450 g/mol. The lowest BCUT2D eigenvalue weighted by atomic mass is 10.1. The molecule has 0 spiro atoms. The van der Waals surface area contributed by atoms with Crippen LogP contribution < -0.4 is 10.3 Å². The monoisotopic (exact) mass is 475 g/mol. The minimum absolute atomic E-state index is 0.221. The molecule has 0 aliphatic heterocycles. The Kier molecular flexibility index (Phi) is 6.98. The molecule has 7 heteroatoms. The summed E-state index contributed by atoms with van der Waals surface area (Å²) in [5.41, 5.74) is 1.33. The highest BCUT2D eigenvalue weighted by Crippen LogP contribution is 2.29. The van der Waals surface area contributed by atoms with E-state index in [1.54, 1.807) is 45.9 Å². The number of fused-ring (bicyclic) bond motifs is 1. The van der Waals surface area contributed by atoms with Gasteiger partial charge in [-0.25, -0.2) is 4.98 Å². The first-order chi connectivity index (χ1) is 16.5. The molecule has 0 N–H and O–H groups in total. The van der Waals surface area contributed by atoms with Crippen LogP contribution in [0.2, 0.25) is 5.02 Å². The van der Waals surface area contributed by atoms with Gasteiger partial charge in [0.15, 0.2) is 0 Å². The second-order valence-electron chi connectivity index (χ2n) is 7.78. The van der Waals surface area contributed by atoms with Gasteiger partial charge in [0.05, 0.1) is 39.8 Å². The standard InChI is InChI=1S/C27H26ClN3O3/c1-4-30(26(32)19-12-6-8-14-21(19)28)18(3)25-29-22-15-9-7-13-20(22)27(33)31(25)23-16-10-11-17-24(23)34-5-2/h6-18H,4-5H2,1-3H3. The molecule has 4 aromatic rings. The Balaban J connectivity index is 1.94. The molecule has 0 bridgehead atoms. The largest absolute Gasteiger partial charge is 0.492 e. The molecule has 6 nitrogen and oxygen atoms in total. The molecule has 0 aliphatic carbocycles. The van der Waals surface area contributed by atoms with E-state index in [-0.39, 0.29) is 11.5 Å². The molecule has 0 fully saturated rings. The summed E-state index contributed by atoms with van der Waals surface area (Å²) in [6, 6.07) is 21.0. The van der Waals surface area contributed by atoms with E-state index in [1.807, 2.05) is 57.2 Å². The first kappa shape index (κ1) is 23.5. The van der Waals surface area contributed by atoms with E-state index in [4.69, 9.17) is 21.3 Å². The lowest BCUT2D eigenvalue weighted by Crippen LogP contribution is -2.37. The average Bonchev–Trinajstić information content (AvgIpc) is 2.85. The Morgan fingerprint density at radius 1 is 1.03 bits per heavy atom. The lowest BCUT2D eigenvalue weighted by Gasteiger charge is -2.30. The van der Waals surface area contributed by atoms with E-state index in [0.29, 0.717) is 51.9 Å². The molecule has 1 heterocycles. The van der Waals surface area contributed by atoms with Crippen LogP contribution in [0.5, 0.6) is 5.75 Å². The summed E-state index contributed by atoms with van der Waals surface area (Å²) in [7, 11) is 0. The van der Waals surface area contributed by atoms with Crippen molar-refractivity contribution in [3.05, 3.63) is 99.6 Å². The molecule has 1 atom stereocenters. The first-order valence-corrected chi connectivity index (χ1v) is 11.6. The van der Waals surface area contributed by atoms with Crippen LogP contribution in [0.1, 0.15) is 43.0 Å². The SMILES string of the molecule is CCOc1ccccc1-n1c(C(C)N(CC)C(=O)c2ccccc2Cl)nc2ccccc2c1=O. The van der Waals surface area contributed by atoms with Gasteiger partial charge in [-0.2, -0.15) is 0 Å². The van der Waals surface area contributed by atoms with Crippen molar-refractivity contribution >= 4 is 28.4 Å². The number of halogens is 1. The molecule has 0 aliphatic rings. The summed E-state index contributed by atoms with van der Waals surface area (Å²) < 4.78 is 7.38. The number of rotatable bonds is 7. The third kappa shape index (κ3) is 4.29. The van der Waals surface area contributed by atoms with Crippen molar-refractivity contribution in [3.63, 3.8) is 0 Å². The number of ether oxygens (including phenoxy) is 1. The highest BCUT2D eigenvalue weighted by molar-refractivity contribution is 6.33. The molecule has 1 amide bonds. The maximum atomic E-state index is 13.8. The fourth-order valence-electron chi connectivity index (χ4n) is 4.10. The van der Waals surface area contributed by atoms with Crippen LogP contribution in [0.3, 0.4) is 0 Å². The van der Waals surface area contributed by atoms with E-state index in [1.165, 1.54) is 0 Å². The van der Waals surface area contributed by atoms with Gasteiger partial charge in [-0.3, -0.25) is 14.2 Å². The van der Waals surface area contributed by atoms with Crippen molar-refractivity contribution in [2.75, 3.05) is 13.2 Å². The van der Waals surface area contributed by atoms with Crippen LogP contribution >= 0.6 is 11.6 Å². The van der Waals surface area contributed by atoms with Crippen LogP contribution in [-0.4, -0.2) is 33.5 Å². The number of aromatic nitrogens is 2. The minimum Gasteiger partial charge on any atom is -0.492 e. The zero-order chi connectivity index (χ0) is 24.2. The van der Waals surface area contributed by atoms with Gasteiger partial charge in [0.2, 0.25) is 0 Å². The number of hydrogen-bond donors (Lipinski definition) is 0. The number of hydrogen-bond acceptors (Lipinski definition) is 4. The number of carbonyl (C=O) groups is 1. The smallest absolute Gasteiger partial charge is 0.266 e. The second kappa shape index (κ2) is 10.1. The van der Waals surface area contributed by atoms with E-state index in [0.717, 1.165) is 0 Å². The van der Waals surface area contributed by atoms with Gasteiger partial charge in [-0.05, 0) is 57.2 Å². The number of nitrogens with zero attached hydrogens (tertiary/aromatic N) is 3. The molecule has 1 unspecified atom stereocenters. The normalized spacial score (nSPS) is 11.9. The van der Waals surface area contributed by atoms with E-state index in [2.05, 4.69) is 0 Å². The van der Waals surface area contributed by atoms with Gasteiger partial charge in [-0.15, -0.1) is 0 Å². The number of benzene rings is 3. The molecule has 0 saturated heterocycles. The molecule has 1 aromatic heterocycles. The topological polar surface area (TPSA) is 64.4 Å². The maximum Gasteiger partial charge on any atom is 0.266 e. The summed E-state index contributed by atoms with van der Waals surface area (Å²) in [4.78, 5) is 33.8. The Labute approximate surface area is 203 Å². The average molecular weight is 476 g/mol. The Bertz CT molecular complexity index is 1400. The summed E-state index contributed by atoms with van der Waals surface area (Å²) in [6.45, 7) is 6.51. The van der Waals surface area contributed by atoms with Crippen LogP contribution in [0, 0.1) is 0 Å². The zero-order valence-electron chi connectivity index (χ0n) is 19.4. The van der Waals surface area contributed by atoms with Gasteiger partial charge in [-0.1, -0.05) is 48.0 Å². The molecule has 0 saturated carbocycles. The van der Waals surface area contributed by atoms with E-state index in [9.17, 15) is 9.59 Å². The Morgan fingerprint density at radius 2 is 1.71 bits per heavy atom. The number of para-hydroxylation sites is 3. The Morgan fingerprint density at radius 3 is 2.44 bits per heavy atom. The molecule has 174 valence electrons. The Hall–Kier alpha value is -3.64. The van der Waals surface area contributed by atoms with Crippen molar-refractivity contribution in [3.8, 4) is 11.4 Å². The fraction of sp³-hybridized carbons (Fsp3) is 0.222. The minimum atomic E-state index is -0.527. The number of carbonyl (C=O) groups excluding carboxylic acids is 1. The van der Waals surface area contributed by atoms with Gasteiger partial charge in [0.25, 0.3) is 11.5 Å². The van der Waals surface area contributed by atoms with E-state index < -0.39 is 6.04 Å². The second-order valence-corrected chi connectivity index (χ2v) is 8.18. The third-order valence-electron chi connectivity index (χ3n) is 5.75. The van der Waals surface area contributed by atoms with Crippen molar-refractivity contribution in [2.45, 2.75) is 26.8 Å². The molecule has 3 aromatic carbocycles. The van der Waals surface area contributed by atoms with Crippen LogP contribution in [0.25, 0.3) is 16.6 Å². The van der Waals surface area contributed by atoms with Crippen molar-refractivity contribution in [2.24, 2.45) is 0 Å². The number of amides is 1. The van der Waals surface area contributed by atoms with Crippen molar-refractivity contribution < 1.29 is 9.53 Å². The molecule has 4 rings (SSSR count). The highest BCUT2D eigenvalue weighted by Gasteiger charge is 2.28. The van der Waals surface area contributed by atoms with Crippen molar-refractivity contribution in [1.29, 1.82) is 0 Å². The zero-order valence-corrected chi connectivity index (χ0v) is 20.1. The summed E-state index contributed by atoms with van der Waals surface area (Å²) >= 11 is 6.32.